The molecule has 0 saturated heterocycles. The number of alkyl halides is 3. The van der Waals surface area contributed by atoms with E-state index in [2.05, 4.69) is 0 Å². The van der Waals surface area contributed by atoms with Gasteiger partial charge in [0.2, 0.25) is 0 Å². The Morgan fingerprint density at radius 2 is 1.33 bits per heavy atom. The highest BCUT2D eigenvalue weighted by Crippen LogP contribution is 2.20. The van der Waals surface area contributed by atoms with Crippen LogP contribution in [0.3, 0.4) is 0 Å². The Balaban J connectivity index is 0. The molecule has 0 heterocycles. The quantitative estimate of drug-likeness (QED) is 0.392. The van der Waals surface area contributed by atoms with E-state index in [1.165, 1.54) is 0 Å². The summed E-state index contributed by atoms with van der Waals surface area (Å²) in [4.78, 5) is 0. The maximum Gasteiger partial charge on any atom is 0.522 e. The van der Waals surface area contributed by atoms with E-state index in [-0.39, 0.29) is 0 Å². The average Bonchev–Trinajstić information content (AvgIpc) is 1.84. The molecule has 0 aliphatic heterocycles. The van der Waals surface area contributed by atoms with E-state index in [1.54, 1.807) is 0 Å². The van der Waals surface area contributed by atoms with Crippen molar-refractivity contribution >= 4 is 10.1 Å². The second-order valence-corrected chi connectivity index (χ2v) is 2.91. The van der Waals surface area contributed by atoms with Crippen LogP contribution >= 0.6 is 0 Å². The largest absolute Gasteiger partial charge is 0.522 e. The molecule has 0 aromatic heterocycles. The smallest absolute Gasteiger partial charge is 0.329 e. The third kappa shape index (κ3) is 7.72. The first-order chi connectivity index (χ1) is 5.16. The molecule has 9 heteroatoms. The molecule has 0 spiro atoms. The average molecular weight is 210 g/mol. The maximum absolute atomic E-state index is 10.7. The van der Waals surface area contributed by atoms with Gasteiger partial charge in [-0.15, -0.1) is 0 Å². The number of rotatable bonds is 1. The number of halogens is 3. The monoisotopic (exact) mass is 210 g/mol. The fourth-order valence-corrected chi connectivity index (χ4v) is 0. The second-order valence-electron chi connectivity index (χ2n) is 1.50. The Bertz CT molecular complexity index is 197. The van der Waals surface area contributed by atoms with E-state index in [9.17, 15) is 13.2 Å². The zero-order valence-electron chi connectivity index (χ0n) is 5.87. The van der Waals surface area contributed by atoms with Gasteiger partial charge in [-0.3, -0.25) is 4.55 Å². The maximum atomic E-state index is 10.7. The van der Waals surface area contributed by atoms with E-state index < -0.39 is 15.6 Å². The zero-order chi connectivity index (χ0) is 10.4. The summed E-state index contributed by atoms with van der Waals surface area (Å²) in [5, 5.41) is 0. The van der Waals surface area contributed by atoms with Gasteiger partial charge in [0.05, 0.1) is 0 Å². The van der Waals surface area contributed by atoms with Crippen molar-refractivity contribution in [2.24, 2.45) is 11.5 Å². The van der Waals surface area contributed by atoms with Gasteiger partial charge in [-0.05, 0) is 0 Å². The Hall–Kier alpha value is -0.380. The molecule has 0 aliphatic rings. The molecular formula is C3H9F3N2O3S. The molecule has 0 radical (unpaired) electrons. The van der Waals surface area contributed by atoms with Crippen LogP contribution in [0.25, 0.3) is 0 Å². The van der Waals surface area contributed by atoms with Crippen molar-refractivity contribution in [2.45, 2.75) is 5.51 Å². The van der Waals surface area contributed by atoms with Gasteiger partial charge in [-0.2, -0.15) is 21.6 Å². The minimum atomic E-state index is -5.84. The highest BCUT2D eigenvalue weighted by molar-refractivity contribution is 7.86. The van der Waals surface area contributed by atoms with Crippen LogP contribution in [0.2, 0.25) is 0 Å². The molecule has 0 rings (SSSR count). The number of nitrogens with two attached hydrogens (primary N) is 2. The standard InChI is InChI=1S/C2H8N2.CHF3O3S/c3-1-2-4;2-1(3,4)8(5,6)7/h1-4H2;(H,5,6,7). The van der Waals surface area contributed by atoms with Crippen LogP contribution in [0.1, 0.15) is 0 Å². The predicted molar refractivity (Wildman–Crippen MR) is 35.7 cm³/mol. The van der Waals surface area contributed by atoms with Gasteiger partial charge < -0.3 is 11.5 Å². The minimum absolute atomic E-state index is 0.597. The summed E-state index contributed by atoms with van der Waals surface area (Å²) in [5.74, 6) is 0. The van der Waals surface area contributed by atoms with E-state index in [4.69, 9.17) is 24.4 Å². The molecule has 12 heavy (non-hydrogen) atoms. The van der Waals surface area contributed by atoms with Crippen molar-refractivity contribution in [3.05, 3.63) is 0 Å². The minimum Gasteiger partial charge on any atom is -0.329 e. The normalized spacial score (nSPS) is 11.8. The highest BCUT2D eigenvalue weighted by atomic mass is 32.2. The lowest BCUT2D eigenvalue weighted by Gasteiger charge is -1.97. The lowest BCUT2D eigenvalue weighted by Crippen LogP contribution is -2.21. The summed E-state index contributed by atoms with van der Waals surface area (Å²) in [5.41, 5.74) is 4.27. The first kappa shape index (κ1) is 14.2. The summed E-state index contributed by atoms with van der Waals surface area (Å²) in [7, 11) is -5.84. The van der Waals surface area contributed by atoms with Gasteiger partial charge in [-0.25, -0.2) is 0 Å². The molecular weight excluding hydrogens is 201 g/mol. The van der Waals surface area contributed by atoms with Gasteiger partial charge >= 0.3 is 15.6 Å². The van der Waals surface area contributed by atoms with Crippen molar-refractivity contribution in [1.29, 1.82) is 0 Å². The Kier molecular flexibility index (Phi) is 6.25. The molecule has 0 fully saturated rings. The second kappa shape index (κ2) is 5.30. The van der Waals surface area contributed by atoms with Crippen molar-refractivity contribution in [2.75, 3.05) is 13.1 Å². The summed E-state index contributed by atoms with van der Waals surface area (Å²) < 4.78 is 57.5. The molecule has 0 atom stereocenters. The van der Waals surface area contributed by atoms with E-state index in [0.717, 1.165) is 0 Å². The van der Waals surface area contributed by atoms with Gasteiger partial charge in [-0.1, -0.05) is 0 Å². The Morgan fingerprint density at radius 3 is 1.33 bits per heavy atom. The van der Waals surface area contributed by atoms with Crippen LogP contribution in [0.4, 0.5) is 13.2 Å². The van der Waals surface area contributed by atoms with Crippen LogP contribution in [-0.4, -0.2) is 31.6 Å². The van der Waals surface area contributed by atoms with Crippen LogP contribution < -0.4 is 11.5 Å². The molecule has 5 nitrogen and oxygen atoms in total. The summed E-state index contributed by atoms with van der Waals surface area (Å²) >= 11 is 0. The summed E-state index contributed by atoms with van der Waals surface area (Å²) in [6.45, 7) is 1.19. The third-order valence-electron chi connectivity index (χ3n) is 0.459. The first-order valence-corrected chi connectivity index (χ1v) is 4.04. The molecule has 0 amide bonds. The predicted octanol–water partition coefficient (Wildman–Crippen LogP) is -0.702. The lowest BCUT2D eigenvalue weighted by atomic mass is 10.7. The zero-order valence-corrected chi connectivity index (χ0v) is 6.69. The molecule has 5 N–H and O–H groups in total. The summed E-state index contributed by atoms with van der Waals surface area (Å²) in [6.07, 6.45) is 0. The topological polar surface area (TPSA) is 106 Å². The van der Waals surface area contributed by atoms with Gasteiger partial charge in [0.1, 0.15) is 0 Å². The van der Waals surface area contributed by atoms with E-state index in [1.807, 2.05) is 0 Å². The van der Waals surface area contributed by atoms with Gasteiger partial charge in [0.25, 0.3) is 0 Å². The SMILES string of the molecule is NCCN.O=S(=O)(O)C(F)(F)F. The summed E-state index contributed by atoms with van der Waals surface area (Å²) in [6, 6.07) is 0. The molecule has 0 aliphatic carbocycles. The lowest BCUT2D eigenvalue weighted by molar-refractivity contribution is -0.0510. The first-order valence-electron chi connectivity index (χ1n) is 2.60. The molecule has 0 saturated carbocycles. The Morgan fingerprint density at radius 1 is 1.17 bits per heavy atom. The molecule has 0 aromatic carbocycles. The molecule has 76 valence electrons. The van der Waals surface area contributed by atoms with Crippen molar-refractivity contribution in [1.82, 2.24) is 0 Å². The van der Waals surface area contributed by atoms with Gasteiger partial charge in [0, 0.05) is 13.1 Å². The van der Waals surface area contributed by atoms with Crippen molar-refractivity contribution < 1.29 is 26.1 Å². The van der Waals surface area contributed by atoms with Crippen molar-refractivity contribution in [3.63, 3.8) is 0 Å². The fourth-order valence-electron chi connectivity index (χ4n) is 0. The van der Waals surface area contributed by atoms with E-state index >= 15 is 0 Å². The van der Waals surface area contributed by atoms with E-state index in [0.29, 0.717) is 13.1 Å². The van der Waals surface area contributed by atoms with Crippen LogP contribution in [0, 0.1) is 0 Å². The third-order valence-corrected chi connectivity index (χ3v) is 1.04. The van der Waals surface area contributed by atoms with Crippen LogP contribution in [0.5, 0.6) is 0 Å². The van der Waals surface area contributed by atoms with Crippen molar-refractivity contribution in [3.8, 4) is 0 Å². The van der Waals surface area contributed by atoms with Gasteiger partial charge in [0.15, 0.2) is 0 Å². The molecule has 0 unspecified atom stereocenters. The molecule has 0 bridgehead atoms. The number of hydrogen-bond donors (Lipinski definition) is 3. The number of hydrogen-bond acceptors (Lipinski definition) is 4. The fraction of sp³-hybridized carbons (Fsp3) is 1.00. The van der Waals surface area contributed by atoms with Crippen LogP contribution in [0.15, 0.2) is 0 Å². The van der Waals surface area contributed by atoms with Crippen LogP contribution in [-0.2, 0) is 10.1 Å². The molecule has 0 aromatic rings. The Labute approximate surface area is 67.3 Å². The highest BCUT2D eigenvalue weighted by Gasteiger charge is 2.44.